The van der Waals surface area contributed by atoms with Gasteiger partial charge in [0.15, 0.2) is 21.5 Å². The monoisotopic (exact) mass is 433 g/mol. The smallest absolute Gasteiger partial charge is 0.332 e. The maximum absolute atomic E-state index is 11.4. The van der Waals surface area contributed by atoms with Gasteiger partial charge in [-0.3, -0.25) is 0 Å². The van der Waals surface area contributed by atoms with Crippen LogP contribution in [-0.4, -0.2) is 79.4 Å². The number of rotatable bonds is 12. The van der Waals surface area contributed by atoms with E-state index in [0.717, 1.165) is 12.2 Å². The highest BCUT2D eigenvalue weighted by Gasteiger charge is 2.24. The van der Waals surface area contributed by atoms with Crippen LogP contribution in [0.2, 0.25) is 5.15 Å². The Hall–Kier alpha value is -1.53. The summed E-state index contributed by atoms with van der Waals surface area (Å²) in [7, 11) is 0. The molecular formula is C16H24ClN5O5S. The van der Waals surface area contributed by atoms with E-state index in [1.165, 1.54) is 16.4 Å². The average molecular weight is 434 g/mol. The molecule has 0 bridgehead atoms. The van der Waals surface area contributed by atoms with Crippen LogP contribution >= 0.6 is 23.4 Å². The van der Waals surface area contributed by atoms with Crippen LogP contribution in [0.4, 0.5) is 0 Å². The molecule has 2 heterocycles. The van der Waals surface area contributed by atoms with E-state index < -0.39 is 18.1 Å². The third-order valence-corrected chi connectivity index (χ3v) is 5.05. The van der Waals surface area contributed by atoms with Crippen LogP contribution in [0, 0.1) is 0 Å². The van der Waals surface area contributed by atoms with Crippen LogP contribution in [0.25, 0.3) is 11.2 Å². The number of aliphatic hydroxyl groups is 2. The van der Waals surface area contributed by atoms with E-state index in [1.807, 2.05) is 6.92 Å². The molecule has 0 saturated heterocycles. The van der Waals surface area contributed by atoms with E-state index >= 15 is 0 Å². The van der Waals surface area contributed by atoms with Gasteiger partial charge in [0.2, 0.25) is 0 Å². The van der Waals surface area contributed by atoms with Crippen LogP contribution in [0.5, 0.6) is 0 Å². The van der Waals surface area contributed by atoms with Crippen LogP contribution in [0.3, 0.4) is 0 Å². The van der Waals surface area contributed by atoms with Crippen molar-refractivity contribution in [3.63, 3.8) is 0 Å². The molecular weight excluding hydrogens is 410 g/mol. The highest BCUT2D eigenvalue weighted by Crippen LogP contribution is 2.26. The van der Waals surface area contributed by atoms with E-state index in [9.17, 15) is 15.0 Å². The van der Waals surface area contributed by atoms with Gasteiger partial charge < -0.3 is 19.7 Å². The van der Waals surface area contributed by atoms with Gasteiger partial charge in [0, 0.05) is 12.2 Å². The van der Waals surface area contributed by atoms with Gasteiger partial charge in [-0.25, -0.2) is 19.4 Å². The fraction of sp³-hybridized carbons (Fsp3) is 0.688. The van der Waals surface area contributed by atoms with Crippen LogP contribution < -0.4 is 0 Å². The Bertz CT molecular complexity index is 777. The van der Waals surface area contributed by atoms with E-state index in [4.69, 9.17) is 21.1 Å². The summed E-state index contributed by atoms with van der Waals surface area (Å²) < 4.78 is 11.6. The van der Waals surface area contributed by atoms with Gasteiger partial charge in [-0.15, -0.1) is 5.10 Å². The van der Waals surface area contributed by atoms with Crippen LogP contribution in [0.1, 0.15) is 32.7 Å². The van der Waals surface area contributed by atoms with Crippen molar-refractivity contribution in [2.45, 2.75) is 44.0 Å². The molecule has 2 aromatic heterocycles. The first kappa shape index (κ1) is 22.8. The number of carbonyl (C=O) groups is 1. The van der Waals surface area contributed by atoms with E-state index in [2.05, 4.69) is 20.3 Å². The Morgan fingerprint density at radius 3 is 2.71 bits per heavy atom. The minimum Gasteiger partial charge on any atom is -0.464 e. The second kappa shape index (κ2) is 11.5. The summed E-state index contributed by atoms with van der Waals surface area (Å²) in [5, 5.41) is 28.1. The number of esters is 1. The molecule has 0 amide bonds. The Kier molecular flexibility index (Phi) is 9.32. The quantitative estimate of drug-likeness (QED) is 0.218. The topological polar surface area (TPSA) is 132 Å². The predicted octanol–water partition coefficient (Wildman–Crippen LogP) is 1.24. The van der Waals surface area contributed by atoms with E-state index in [-0.39, 0.29) is 38.0 Å². The zero-order valence-electron chi connectivity index (χ0n) is 15.7. The third kappa shape index (κ3) is 5.98. The van der Waals surface area contributed by atoms with Crippen molar-refractivity contribution in [2.24, 2.45) is 0 Å². The SMILES string of the molecule is CCCSc1nc(Cl)c2nnn(C(CO)CC(CO)OCC(=O)OCC)c2n1. The van der Waals surface area contributed by atoms with Gasteiger partial charge in [-0.1, -0.05) is 35.5 Å². The second-order valence-electron chi connectivity index (χ2n) is 5.84. The molecule has 0 aliphatic rings. The Labute approximate surface area is 171 Å². The standard InChI is InChI=1S/C16H24ClN5O5S/c1-3-5-28-16-18-14(17)13-15(19-16)22(21-20-13)10(7-23)6-11(8-24)27-9-12(25)26-4-2/h10-11,23-24H,3-9H2,1-2H3. The molecule has 2 rings (SSSR count). The molecule has 2 unspecified atom stereocenters. The van der Waals surface area contributed by atoms with Gasteiger partial charge in [0.25, 0.3) is 0 Å². The van der Waals surface area contributed by atoms with E-state index in [0.29, 0.717) is 16.3 Å². The molecule has 10 nitrogen and oxygen atoms in total. The molecule has 0 aromatic carbocycles. The highest BCUT2D eigenvalue weighted by atomic mass is 35.5. The van der Waals surface area contributed by atoms with Gasteiger partial charge in [-0.2, -0.15) is 0 Å². The molecule has 0 fully saturated rings. The second-order valence-corrected chi connectivity index (χ2v) is 7.26. The number of ether oxygens (including phenoxy) is 2. The maximum atomic E-state index is 11.4. The third-order valence-electron chi connectivity index (χ3n) is 3.73. The normalized spacial score (nSPS) is 13.6. The van der Waals surface area contributed by atoms with Crippen molar-refractivity contribution in [3.8, 4) is 0 Å². The van der Waals surface area contributed by atoms with Crippen molar-refractivity contribution in [3.05, 3.63) is 5.15 Å². The summed E-state index contributed by atoms with van der Waals surface area (Å²) in [6.45, 7) is 3.06. The number of fused-ring (bicyclic) bond motifs is 1. The van der Waals surface area contributed by atoms with Gasteiger partial charge in [0.1, 0.15) is 6.61 Å². The maximum Gasteiger partial charge on any atom is 0.332 e. The first-order chi connectivity index (χ1) is 13.5. The largest absolute Gasteiger partial charge is 0.464 e. The molecule has 0 aliphatic heterocycles. The Balaban J connectivity index is 2.18. The van der Waals surface area contributed by atoms with E-state index in [1.54, 1.807) is 6.92 Å². The summed E-state index contributed by atoms with van der Waals surface area (Å²) in [5.74, 6) is 0.311. The van der Waals surface area contributed by atoms with Crippen LogP contribution in [-0.2, 0) is 14.3 Å². The van der Waals surface area contributed by atoms with Crippen molar-refractivity contribution in [1.29, 1.82) is 0 Å². The Morgan fingerprint density at radius 2 is 2.07 bits per heavy atom. The first-order valence-electron chi connectivity index (χ1n) is 8.94. The zero-order valence-corrected chi connectivity index (χ0v) is 17.3. The first-order valence-corrected chi connectivity index (χ1v) is 10.3. The molecule has 2 atom stereocenters. The summed E-state index contributed by atoms with van der Waals surface area (Å²) >= 11 is 7.65. The summed E-state index contributed by atoms with van der Waals surface area (Å²) in [4.78, 5) is 20.1. The highest BCUT2D eigenvalue weighted by molar-refractivity contribution is 7.99. The molecule has 0 saturated carbocycles. The lowest BCUT2D eigenvalue weighted by atomic mass is 10.1. The number of aliphatic hydroxyl groups excluding tert-OH is 2. The van der Waals surface area contributed by atoms with Gasteiger partial charge >= 0.3 is 5.97 Å². The number of aromatic nitrogens is 5. The average Bonchev–Trinajstić information content (AvgIpc) is 3.11. The fourth-order valence-corrected chi connectivity index (χ4v) is 3.37. The lowest BCUT2D eigenvalue weighted by Gasteiger charge is -2.21. The molecule has 0 radical (unpaired) electrons. The molecule has 28 heavy (non-hydrogen) atoms. The molecule has 0 spiro atoms. The number of hydrogen-bond acceptors (Lipinski definition) is 10. The van der Waals surface area contributed by atoms with Crippen molar-refractivity contribution in [1.82, 2.24) is 25.0 Å². The number of carbonyl (C=O) groups excluding carboxylic acids is 1. The number of nitrogens with zero attached hydrogens (tertiary/aromatic N) is 5. The number of hydrogen-bond donors (Lipinski definition) is 2. The summed E-state index contributed by atoms with van der Waals surface area (Å²) in [5.41, 5.74) is 0.716. The molecule has 2 aromatic rings. The van der Waals surface area contributed by atoms with Gasteiger partial charge in [0.05, 0.1) is 32.0 Å². The molecule has 0 aliphatic carbocycles. The van der Waals surface area contributed by atoms with Crippen molar-refractivity contribution < 1.29 is 24.5 Å². The number of thioether (sulfide) groups is 1. The lowest BCUT2D eigenvalue weighted by molar-refractivity contribution is -0.151. The van der Waals surface area contributed by atoms with Crippen molar-refractivity contribution >= 4 is 40.5 Å². The summed E-state index contributed by atoms with van der Waals surface area (Å²) in [6, 6.07) is -0.584. The summed E-state index contributed by atoms with van der Waals surface area (Å²) in [6.07, 6.45) is 0.437. The fourth-order valence-electron chi connectivity index (χ4n) is 2.42. The zero-order chi connectivity index (χ0) is 20.5. The number of halogens is 1. The van der Waals surface area contributed by atoms with Crippen LogP contribution in [0.15, 0.2) is 5.16 Å². The van der Waals surface area contributed by atoms with Gasteiger partial charge in [-0.05, 0) is 13.3 Å². The van der Waals surface area contributed by atoms with Crippen molar-refractivity contribution in [2.75, 3.05) is 32.2 Å². The minimum absolute atomic E-state index is 0.184. The molecule has 156 valence electrons. The lowest BCUT2D eigenvalue weighted by Crippen LogP contribution is -2.28. The Morgan fingerprint density at radius 1 is 1.29 bits per heavy atom. The minimum atomic E-state index is -0.702. The molecule has 2 N–H and O–H groups in total. The predicted molar refractivity (Wildman–Crippen MR) is 103 cm³/mol. The molecule has 12 heteroatoms.